The molecule has 28 heavy (non-hydrogen) atoms. The molecule has 0 aliphatic rings. The average Bonchev–Trinajstić information content (AvgIpc) is 2.68. The number of aromatic nitrogens is 1. The predicted molar refractivity (Wildman–Crippen MR) is 104 cm³/mol. The summed E-state index contributed by atoms with van der Waals surface area (Å²) < 4.78 is 31.8. The number of carbonyl (C=O) groups is 1. The first-order valence-corrected chi connectivity index (χ1v) is 8.64. The summed E-state index contributed by atoms with van der Waals surface area (Å²) in [6.07, 6.45) is 1.72. The largest absolute Gasteiger partial charge is 0.439 e. The van der Waals surface area contributed by atoms with Crippen LogP contribution in [-0.2, 0) is 4.79 Å². The van der Waals surface area contributed by atoms with Crippen molar-refractivity contribution >= 4 is 17.3 Å². The highest BCUT2D eigenvalue weighted by Crippen LogP contribution is 2.22. The number of carbonyl (C=O) groups excluding carboxylic acids is 1. The lowest BCUT2D eigenvalue weighted by atomic mass is 10.2. The number of anilines is 2. The molecule has 144 valence electrons. The number of hydrogen-bond acceptors (Lipinski definition) is 4. The number of nitrogens with zero attached hydrogens (tertiary/aromatic N) is 1. The average molecular weight is 383 g/mol. The van der Waals surface area contributed by atoms with Gasteiger partial charge in [-0.2, -0.15) is 0 Å². The van der Waals surface area contributed by atoms with Gasteiger partial charge in [-0.15, -0.1) is 0 Å². The zero-order chi connectivity index (χ0) is 20.1. The first-order chi connectivity index (χ1) is 13.4. The molecule has 3 aromatic rings. The molecular formula is C21H19F2N3O2. The van der Waals surface area contributed by atoms with Gasteiger partial charge in [-0.25, -0.2) is 13.8 Å². The summed E-state index contributed by atoms with van der Waals surface area (Å²) in [6.45, 7) is 3.61. The van der Waals surface area contributed by atoms with E-state index in [4.69, 9.17) is 4.74 Å². The second kappa shape index (κ2) is 8.47. The van der Waals surface area contributed by atoms with E-state index in [1.165, 1.54) is 6.07 Å². The maximum Gasteiger partial charge on any atom is 0.246 e. The fraction of sp³-hybridized carbons (Fsp3) is 0.143. The molecule has 5 nitrogen and oxygen atoms in total. The molecular weight excluding hydrogens is 364 g/mol. The van der Waals surface area contributed by atoms with E-state index in [0.29, 0.717) is 17.3 Å². The van der Waals surface area contributed by atoms with Crippen molar-refractivity contribution in [2.24, 2.45) is 0 Å². The number of aryl methyl sites for hydroxylation is 1. The van der Waals surface area contributed by atoms with Crippen LogP contribution < -0.4 is 15.4 Å². The molecule has 7 heteroatoms. The van der Waals surface area contributed by atoms with Crippen molar-refractivity contribution in [3.05, 3.63) is 78.0 Å². The van der Waals surface area contributed by atoms with Gasteiger partial charge in [0.2, 0.25) is 11.8 Å². The maximum atomic E-state index is 13.2. The summed E-state index contributed by atoms with van der Waals surface area (Å²) in [7, 11) is 0. The molecule has 0 bridgehead atoms. The van der Waals surface area contributed by atoms with E-state index in [2.05, 4.69) is 15.6 Å². The molecule has 1 aromatic heterocycles. The number of rotatable bonds is 6. The summed E-state index contributed by atoms with van der Waals surface area (Å²) in [6, 6.07) is 13.3. The summed E-state index contributed by atoms with van der Waals surface area (Å²) >= 11 is 0. The number of pyridine rings is 1. The van der Waals surface area contributed by atoms with Gasteiger partial charge in [0.15, 0.2) is 11.6 Å². The van der Waals surface area contributed by atoms with Crippen LogP contribution in [0.3, 0.4) is 0 Å². The van der Waals surface area contributed by atoms with Crippen LogP contribution in [0.2, 0.25) is 0 Å². The van der Waals surface area contributed by atoms with E-state index in [9.17, 15) is 13.6 Å². The highest BCUT2D eigenvalue weighted by molar-refractivity contribution is 5.96. The van der Waals surface area contributed by atoms with Gasteiger partial charge >= 0.3 is 0 Å². The third kappa shape index (κ3) is 5.03. The monoisotopic (exact) mass is 383 g/mol. The van der Waals surface area contributed by atoms with E-state index in [-0.39, 0.29) is 11.6 Å². The highest BCUT2D eigenvalue weighted by atomic mass is 19.2. The smallest absolute Gasteiger partial charge is 0.246 e. The molecule has 3 rings (SSSR count). The Morgan fingerprint density at radius 2 is 1.71 bits per heavy atom. The minimum absolute atomic E-state index is 0.187. The lowest BCUT2D eigenvalue weighted by molar-refractivity contribution is -0.116. The molecule has 2 N–H and O–H groups in total. The van der Waals surface area contributed by atoms with Crippen molar-refractivity contribution in [1.29, 1.82) is 0 Å². The zero-order valence-electron chi connectivity index (χ0n) is 15.4. The summed E-state index contributed by atoms with van der Waals surface area (Å²) in [5, 5.41) is 5.57. The highest BCUT2D eigenvalue weighted by Gasteiger charge is 2.14. The third-order valence-electron chi connectivity index (χ3n) is 3.92. The lowest BCUT2D eigenvalue weighted by Crippen LogP contribution is -2.31. The molecule has 0 aliphatic carbocycles. The van der Waals surface area contributed by atoms with E-state index in [1.807, 2.05) is 13.0 Å². The molecule has 2 aromatic carbocycles. The Labute approximate surface area is 161 Å². The number of nitrogens with one attached hydrogen (secondary N) is 2. The Morgan fingerprint density at radius 3 is 2.36 bits per heavy atom. The molecule has 1 heterocycles. The SMILES string of the molecule is Cc1ccc(Oc2ccc(NC(C)C(=O)Nc3ccc(F)c(F)c3)cc2)nc1. The van der Waals surface area contributed by atoms with Crippen LogP contribution in [0, 0.1) is 18.6 Å². The van der Waals surface area contributed by atoms with Crippen molar-refractivity contribution in [1.82, 2.24) is 4.98 Å². The second-order valence-electron chi connectivity index (χ2n) is 6.28. The molecule has 0 spiro atoms. The number of halogens is 2. The molecule has 0 saturated heterocycles. The minimum Gasteiger partial charge on any atom is -0.439 e. The topological polar surface area (TPSA) is 63.2 Å². The van der Waals surface area contributed by atoms with Gasteiger partial charge in [-0.1, -0.05) is 6.07 Å². The van der Waals surface area contributed by atoms with Crippen molar-refractivity contribution in [2.75, 3.05) is 10.6 Å². The Kier molecular flexibility index (Phi) is 5.84. The maximum absolute atomic E-state index is 13.2. The van der Waals surface area contributed by atoms with E-state index in [1.54, 1.807) is 43.5 Å². The predicted octanol–water partition coefficient (Wildman–Crippen LogP) is 4.90. The van der Waals surface area contributed by atoms with Crippen LogP contribution >= 0.6 is 0 Å². The Bertz CT molecular complexity index is 960. The van der Waals surface area contributed by atoms with Gasteiger partial charge in [0.25, 0.3) is 0 Å². The standard InChI is InChI=1S/C21H19F2N3O2/c1-13-3-10-20(24-12-13)28-17-7-4-15(5-8-17)25-14(2)21(27)26-16-6-9-18(22)19(23)11-16/h3-12,14,25H,1-2H3,(H,26,27). The summed E-state index contributed by atoms with van der Waals surface area (Å²) in [4.78, 5) is 16.4. The van der Waals surface area contributed by atoms with E-state index in [0.717, 1.165) is 17.7 Å². The van der Waals surface area contributed by atoms with Crippen LogP contribution in [-0.4, -0.2) is 16.9 Å². The Hall–Kier alpha value is -3.48. The second-order valence-corrected chi connectivity index (χ2v) is 6.28. The molecule has 1 unspecified atom stereocenters. The Morgan fingerprint density at radius 1 is 1.00 bits per heavy atom. The summed E-state index contributed by atoms with van der Waals surface area (Å²) in [5.74, 6) is -1.26. The first-order valence-electron chi connectivity index (χ1n) is 8.64. The van der Waals surface area contributed by atoms with Crippen molar-refractivity contribution in [2.45, 2.75) is 19.9 Å². The number of ether oxygens (including phenoxy) is 1. The molecule has 0 fully saturated rings. The molecule has 0 radical (unpaired) electrons. The van der Waals surface area contributed by atoms with Crippen molar-refractivity contribution in [3.8, 4) is 11.6 Å². The van der Waals surface area contributed by atoms with E-state index >= 15 is 0 Å². The van der Waals surface area contributed by atoms with Crippen LogP contribution in [0.1, 0.15) is 12.5 Å². The molecule has 0 saturated carbocycles. The van der Waals surface area contributed by atoms with Crippen LogP contribution in [0.25, 0.3) is 0 Å². The molecule has 1 atom stereocenters. The van der Waals surface area contributed by atoms with Gasteiger partial charge in [0.1, 0.15) is 11.8 Å². The molecule has 0 aliphatic heterocycles. The van der Waals surface area contributed by atoms with Gasteiger partial charge in [0.05, 0.1) is 0 Å². The number of amides is 1. The fourth-order valence-electron chi connectivity index (χ4n) is 2.39. The number of benzene rings is 2. The summed E-state index contributed by atoms with van der Waals surface area (Å²) in [5.41, 5.74) is 1.94. The third-order valence-corrected chi connectivity index (χ3v) is 3.92. The minimum atomic E-state index is -1.02. The van der Waals surface area contributed by atoms with Crippen LogP contribution in [0.15, 0.2) is 60.8 Å². The Balaban J connectivity index is 1.57. The quantitative estimate of drug-likeness (QED) is 0.636. The fourth-order valence-corrected chi connectivity index (χ4v) is 2.39. The zero-order valence-corrected chi connectivity index (χ0v) is 15.4. The van der Waals surface area contributed by atoms with Gasteiger partial charge in [0, 0.05) is 29.7 Å². The van der Waals surface area contributed by atoms with Crippen LogP contribution in [0.4, 0.5) is 20.2 Å². The normalized spacial score (nSPS) is 11.6. The van der Waals surface area contributed by atoms with Gasteiger partial charge < -0.3 is 15.4 Å². The van der Waals surface area contributed by atoms with Crippen LogP contribution in [0.5, 0.6) is 11.6 Å². The van der Waals surface area contributed by atoms with Gasteiger partial charge in [-0.3, -0.25) is 4.79 Å². The van der Waals surface area contributed by atoms with E-state index < -0.39 is 17.7 Å². The van der Waals surface area contributed by atoms with Crippen molar-refractivity contribution < 1.29 is 18.3 Å². The lowest BCUT2D eigenvalue weighted by Gasteiger charge is -2.16. The van der Waals surface area contributed by atoms with Gasteiger partial charge in [-0.05, 0) is 55.8 Å². The number of hydrogen-bond donors (Lipinski definition) is 2. The molecule has 1 amide bonds. The van der Waals surface area contributed by atoms with Crippen molar-refractivity contribution in [3.63, 3.8) is 0 Å². The first kappa shape index (κ1) is 19.3.